The second kappa shape index (κ2) is 8.41. The molecule has 17 heavy (non-hydrogen) atoms. The van der Waals surface area contributed by atoms with Gasteiger partial charge in [0.25, 0.3) is 5.91 Å². The van der Waals surface area contributed by atoms with Crippen LogP contribution >= 0.6 is 0 Å². The van der Waals surface area contributed by atoms with Crippen LogP contribution in [0, 0.1) is 0 Å². The monoisotopic (exact) mass is 247 g/mol. The first-order chi connectivity index (χ1) is 8.22. The molecule has 1 heterocycles. The molecule has 1 aliphatic rings. The summed E-state index contributed by atoms with van der Waals surface area (Å²) in [5.74, 6) is 0.0468. The van der Waals surface area contributed by atoms with E-state index in [1.165, 1.54) is 0 Å². The van der Waals surface area contributed by atoms with E-state index in [4.69, 9.17) is 14.2 Å². The molecule has 1 amide bonds. The highest BCUT2D eigenvalue weighted by molar-refractivity contribution is 5.79. The fourth-order valence-electron chi connectivity index (χ4n) is 1.54. The topological polar surface area (TPSA) is 75.6 Å². The molecule has 0 bridgehead atoms. The average molecular weight is 247 g/mol. The van der Waals surface area contributed by atoms with Crippen LogP contribution in [0.15, 0.2) is 0 Å². The quantitative estimate of drug-likeness (QED) is 0.612. The second-order valence-electron chi connectivity index (χ2n) is 4.06. The molecule has 1 fully saturated rings. The highest BCUT2D eigenvalue weighted by atomic mass is 16.5. The standard InChI is InChI=1S/C11H22N2O4/c1-10(12)11(14)13-2-4-15-6-8-17-9-7-16-5-3-13/h10H,2-9,12H2,1H3/p+1/t10-/m0/s1. The highest BCUT2D eigenvalue weighted by Crippen LogP contribution is 1.95. The minimum Gasteiger partial charge on any atom is -0.377 e. The maximum atomic E-state index is 11.8. The Bertz CT molecular complexity index is 212. The van der Waals surface area contributed by atoms with Gasteiger partial charge in [-0.05, 0) is 6.92 Å². The summed E-state index contributed by atoms with van der Waals surface area (Å²) in [6.07, 6.45) is 0. The molecule has 0 spiro atoms. The molecule has 0 saturated carbocycles. The predicted molar refractivity (Wildman–Crippen MR) is 61.4 cm³/mol. The Balaban J connectivity index is 2.39. The number of quaternary nitrogens is 1. The van der Waals surface area contributed by atoms with Crippen LogP contribution in [0.1, 0.15) is 6.92 Å². The minimum absolute atomic E-state index is 0.0468. The molecule has 1 saturated heterocycles. The van der Waals surface area contributed by atoms with Crippen LogP contribution in [0.2, 0.25) is 0 Å². The summed E-state index contributed by atoms with van der Waals surface area (Å²) in [6.45, 7) is 6.29. The number of carbonyl (C=O) groups excluding carboxylic acids is 1. The Morgan fingerprint density at radius 1 is 1.00 bits per heavy atom. The van der Waals surface area contributed by atoms with Gasteiger partial charge in [-0.1, -0.05) is 0 Å². The lowest BCUT2D eigenvalue weighted by atomic mass is 10.3. The van der Waals surface area contributed by atoms with E-state index in [2.05, 4.69) is 5.73 Å². The van der Waals surface area contributed by atoms with E-state index in [-0.39, 0.29) is 11.9 Å². The molecule has 6 heteroatoms. The first-order valence-corrected chi connectivity index (χ1v) is 6.07. The molecular formula is C11H23N2O4+. The second-order valence-corrected chi connectivity index (χ2v) is 4.06. The number of carbonyl (C=O) groups is 1. The number of nitrogens with zero attached hydrogens (tertiary/aromatic N) is 1. The van der Waals surface area contributed by atoms with Crippen molar-refractivity contribution in [2.24, 2.45) is 0 Å². The third-order valence-electron chi connectivity index (χ3n) is 2.49. The number of rotatable bonds is 1. The molecule has 0 aromatic rings. The molecule has 100 valence electrons. The molecule has 1 aliphatic heterocycles. The zero-order chi connectivity index (χ0) is 12.5. The molecule has 6 nitrogen and oxygen atoms in total. The van der Waals surface area contributed by atoms with E-state index < -0.39 is 0 Å². The lowest BCUT2D eigenvalue weighted by molar-refractivity contribution is -0.400. The van der Waals surface area contributed by atoms with Gasteiger partial charge in [0.1, 0.15) is 0 Å². The smallest absolute Gasteiger partial charge is 0.280 e. The van der Waals surface area contributed by atoms with Gasteiger partial charge in [-0.2, -0.15) is 0 Å². The third-order valence-corrected chi connectivity index (χ3v) is 2.49. The normalized spacial score (nSPS) is 22.4. The van der Waals surface area contributed by atoms with Gasteiger partial charge in [0.15, 0.2) is 6.04 Å². The van der Waals surface area contributed by atoms with Crippen molar-refractivity contribution in [1.82, 2.24) is 4.90 Å². The predicted octanol–water partition coefficient (Wildman–Crippen LogP) is -1.49. The van der Waals surface area contributed by atoms with E-state index in [1.54, 1.807) is 11.8 Å². The highest BCUT2D eigenvalue weighted by Gasteiger charge is 2.19. The molecule has 0 unspecified atom stereocenters. The molecule has 3 N–H and O–H groups in total. The largest absolute Gasteiger partial charge is 0.377 e. The van der Waals surface area contributed by atoms with Crippen molar-refractivity contribution < 1.29 is 24.7 Å². The summed E-state index contributed by atoms with van der Waals surface area (Å²) in [5, 5.41) is 0. The van der Waals surface area contributed by atoms with E-state index in [0.717, 1.165) is 0 Å². The van der Waals surface area contributed by atoms with Gasteiger partial charge in [0.2, 0.25) is 0 Å². The molecule has 0 aromatic carbocycles. The van der Waals surface area contributed by atoms with Gasteiger partial charge < -0.3 is 24.8 Å². The fraction of sp³-hybridized carbons (Fsp3) is 0.909. The van der Waals surface area contributed by atoms with Crippen LogP contribution < -0.4 is 5.73 Å². The molecule has 1 atom stereocenters. The maximum Gasteiger partial charge on any atom is 0.280 e. The summed E-state index contributed by atoms with van der Waals surface area (Å²) in [4.78, 5) is 13.6. The van der Waals surface area contributed by atoms with Crippen molar-refractivity contribution in [3.8, 4) is 0 Å². The molecule has 1 rings (SSSR count). The van der Waals surface area contributed by atoms with Crippen LogP contribution in [0.5, 0.6) is 0 Å². The average Bonchev–Trinajstić information content (AvgIpc) is 2.29. The zero-order valence-corrected chi connectivity index (χ0v) is 10.5. The van der Waals surface area contributed by atoms with Gasteiger partial charge in [-0.15, -0.1) is 0 Å². The van der Waals surface area contributed by atoms with E-state index in [0.29, 0.717) is 52.7 Å². The van der Waals surface area contributed by atoms with Crippen molar-refractivity contribution in [2.45, 2.75) is 13.0 Å². The Morgan fingerprint density at radius 2 is 1.41 bits per heavy atom. The van der Waals surface area contributed by atoms with Crippen molar-refractivity contribution in [2.75, 3.05) is 52.7 Å². The summed E-state index contributed by atoms with van der Waals surface area (Å²) in [5.41, 5.74) is 3.75. The van der Waals surface area contributed by atoms with Crippen molar-refractivity contribution in [1.29, 1.82) is 0 Å². The molecule has 0 aliphatic carbocycles. The maximum absolute atomic E-state index is 11.8. The van der Waals surface area contributed by atoms with Gasteiger partial charge >= 0.3 is 0 Å². The zero-order valence-electron chi connectivity index (χ0n) is 10.5. The summed E-state index contributed by atoms with van der Waals surface area (Å²) >= 11 is 0. The Labute approximate surface area is 102 Å². The van der Waals surface area contributed by atoms with E-state index >= 15 is 0 Å². The lowest BCUT2D eigenvalue weighted by Crippen LogP contribution is -2.66. The van der Waals surface area contributed by atoms with Gasteiger partial charge in [-0.25, -0.2) is 0 Å². The van der Waals surface area contributed by atoms with Gasteiger partial charge in [0.05, 0.1) is 39.6 Å². The van der Waals surface area contributed by atoms with Crippen LogP contribution in [0.4, 0.5) is 0 Å². The first-order valence-electron chi connectivity index (χ1n) is 6.07. The van der Waals surface area contributed by atoms with Crippen LogP contribution in [-0.2, 0) is 19.0 Å². The summed E-state index contributed by atoms with van der Waals surface area (Å²) in [7, 11) is 0. The molecule has 0 radical (unpaired) electrons. The number of amides is 1. The first kappa shape index (κ1) is 14.4. The van der Waals surface area contributed by atoms with Gasteiger partial charge in [-0.3, -0.25) is 4.79 Å². The number of hydrogen-bond donors (Lipinski definition) is 1. The van der Waals surface area contributed by atoms with Crippen molar-refractivity contribution in [3.05, 3.63) is 0 Å². The SMILES string of the molecule is C[C@H]([NH3+])C(=O)N1CCOCCOCCOCC1. The molecule has 0 aromatic heterocycles. The van der Waals surface area contributed by atoms with E-state index in [1.807, 2.05) is 0 Å². The summed E-state index contributed by atoms with van der Waals surface area (Å²) < 4.78 is 16.1. The van der Waals surface area contributed by atoms with E-state index in [9.17, 15) is 4.79 Å². The fourth-order valence-corrected chi connectivity index (χ4v) is 1.54. The van der Waals surface area contributed by atoms with Gasteiger partial charge in [0, 0.05) is 13.1 Å². The van der Waals surface area contributed by atoms with Crippen LogP contribution in [-0.4, -0.2) is 69.6 Å². The van der Waals surface area contributed by atoms with Crippen molar-refractivity contribution in [3.63, 3.8) is 0 Å². The summed E-state index contributed by atoms with van der Waals surface area (Å²) in [6, 6.07) is -0.230. The van der Waals surface area contributed by atoms with Crippen molar-refractivity contribution >= 4 is 5.91 Å². The Kier molecular flexibility index (Phi) is 7.11. The lowest BCUT2D eigenvalue weighted by Gasteiger charge is -2.23. The minimum atomic E-state index is -0.230. The third kappa shape index (κ3) is 5.97. The number of ether oxygens (including phenoxy) is 3. The van der Waals surface area contributed by atoms with Crippen LogP contribution in [0.3, 0.4) is 0 Å². The molecular weight excluding hydrogens is 224 g/mol. The number of hydrogen-bond acceptors (Lipinski definition) is 4. The Morgan fingerprint density at radius 3 is 1.82 bits per heavy atom. The Hall–Kier alpha value is -0.690. The van der Waals surface area contributed by atoms with Crippen LogP contribution in [0.25, 0.3) is 0 Å².